The van der Waals surface area contributed by atoms with E-state index in [4.69, 9.17) is 0 Å². The Balaban J connectivity index is 2.93. The molecule has 2 heterocycles. The average Bonchev–Trinajstić information content (AvgIpc) is 2.46. The zero-order chi connectivity index (χ0) is 11.2. The summed E-state index contributed by atoms with van der Waals surface area (Å²) in [6.45, 7) is 0. The quantitative estimate of drug-likeness (QED) is 0.721. The topological polar surface area (TPSA) is 84.3 Å². The van der Waals surface area contributed by atoms with Crippen LogP contribution in [0.25, 0.3) is 5.65 Å². The second-order valence-electron chi connectivity index (χ2n) is 2.97. The maximum atomic E-state index is 13.0. The first-order valence-corrected chi connectivity index (χ1v) is 5.76. The largest absolute Gasteiger partial charge is 0.335 e. The number of rotatable bonds is 1. The van der Waals surface area contributed by atoms with Gasteiger partial charge in [-0.15, -0.1) is 0 Å². The van der Waals surface area contributed by atoms with E-state index in [1.54, 1.807) is 0 Å². The first-order chi connectivity index (χ1) is 6.89. The number of nitrogens with zero attached hydrogens (tertiary/aromatic N) is 2. The second kappa shape index (κ2) is 2.89. The van der Waals surface area contributed by atoms with E-state index >= 15 is 0 Å². The molecule has 1 N–H and O–H groups in total. The molecule has 0 radical (unpaired) electrons. The van der Waals surface area contributed by atoms with E-state index in [9.17, 15) is 17.6 Å². The molecule has 0 amide bonds. The van der Waals surface area contributed by atoms with Crippen LogP contribution in [0.5, 0.6) is 0 Å². The van der Waals surface area contributed by atoms with Gasteiger partial charge in [-0.05, 0) is 12.1 Å². The van der Waals surface area contributed by atoms with Crippen LogP contribution in [0.3, 0.4) is 0 Å². The van der Waals surface area contributed by atoms with Gasteiger partial charge in [0.05, 0.1) is 0 Å². The number of hydrogen-bond donors (Lipinski definition) is 1. The van der Waals surface area contributed by atoms with Gasteiger partial charge < -0.3 is 0 Å². The lowest BCUT2D eigenvalue weighted by molar-refractivity contribution is 0.554. The normalized spacial score (nSPS) is 12.1. The minimum atomic E-state index is -3.61. The highest BCUT2D eigenvalue weighted by Gasteiger charge is 2.14. The number of nitrogens with one attached hydrogen (secondary N) is 1. The smallest absolute Gasteiger partial charge is 0.282 e. The minimum absolute atomic E-state index is 0.0447. The third kappa shape index (κ3) is 1.52. The Hall–Kier alpha value is -1.70. The highest BCUT2D eigenvalue weighted by Crippen LogP contribution is 2.05. The van der Waals surface area contributed by atoms with Gasteiger partial charge in [0.1, 0.15) is 5.65 Å². The van der Waals surface area contributed by atoms with Crippen LogP contribution in [0, 0.1) is 5.95 Å². The van der Waals surface area contributed by atoms with E-state index in [0.29, 0.717) is 4.40 Å². The third-order valence-corrected chi connectivity index (χ3v) is 2.69. The van der Waals surface area contributed by atoms with Crippen molar-refractivity contribution in [2.45, 2.75) is 5.16 Å². The molecular formula is C7H6FN3O3S. The average molecular weight is 231 g/mol. The standard InChI is InChI=1S/C7H6FN3O3S/c1-15(13,14)6-9-5-3-2-4(8)11(5)7(12)10-6/h2-3H,1H3,(H,9,10,12). The molecule has 0 fully saturated rings. The molecule has 80 valence electrons. The van der Waals surface area contributed by atoms with Crippen molar-refractivity contribution in [2.75, 3.05) is 6.26 Å². The predicted molar refractivity (Wildman–Crippen MR) is 48.9 cm³/mol. The van der Waals surface area contributed by atoms with Crippen LogP contribution >= 0.6 is 0 Å². The molecule has 8 heteroatoms. The molecule has 2 aromatic rings. The summed E-state index contributed by atoms with van der Waals surface area (Å²) in [4.78, 5) is 16.9. The first kappa shape index (κ1) is 9.84. The zero-order valence-electron chi connectivity index (χ0n) is 7.56. The monoisotopic (exact) mass is 231 g/mol. The molecule has 2 aromatic heterocycles. The van der Waals surface area contributed by atoms with Crippen molar-refractivity contribution in [2.24, 2.45) is 0 Å². The van der Waals surface area contributed by atoms with Gasteiger partial charge in [-0.25, -0.2) is 22.6 Å². The summed E-state index contributed by atoms with van der Waals surface area (Å²) < 4.78 is 35.8. The molecule has 0 aromatic carbocycles. The van der Waals surface area contributed by atoms with E-state index in [1.165, 1.54) is 6.07 Å². The van der Waals surface area contributed by atoms with E-state index in [1.807, 2.05) is 4.98 Å². The van der Waals surface area contributed by atoms with E-state index in [0.717, 1.165) is 12.3 Å². The summed E-state index contributed by atoms with van der Waals surface area (Å²) in [5.41, 5.74) is -0.917. The van der Waals surface area contributed by atoms with E-state index in [2.05, 4.69) is 4.98 Å². The third-order valence-electron chi connectivity index (χ3n) is 1.80. The van der Waals surface area contributed by atoms with Crippen molar-refractivity contribution < 1.29 is 12.8 Å². The van der Waals surface area contributed by atoms with Gasteiger partial charge in [0.15, 0.2) is 0 Å². The summed E-state index contributed by atoms with van der Waals surface area (Å²) in [5, 5.41) is -0.474. The SMILES string of the molecule is CS(=O)(=O)c1nc2ccc(F)n2c(=O)[nH]1. The van der Waals surface area contributed by atoms with Gasteiger partial charge in [0, 0.05) is 6.26 Å². The highest BCUT2D eigenvalue weighted by atomic mass is 32.2. The number of halogens is 1. The van der Waals surface area contributed by atoms with Crippen LogP contribution in [0.4, 0.5) is 4.39 Å². The first-order valence-electron chi connectivity index (χ1n) is 3.87. The van der Waals surface area contributed by atoms with Crippen LogP contribution in [0.15, 0.2) is 22.1 Å². The molecule has 0 aliphatic heterocycles. The van der Waals surface area contributed by atoms with Crippen LogP contribution in [-0.4, -0.2) is 29.0 Å². The fraction of sp³-hybridized carbons (Fsp3) is 0.143. The number of H-pyrrole nitrogens is 1. The fourth-order valence-corrected chi connectivity index (χ4v) is 1.68. The summed E-state index contributed by atoms with van der Waals surface area (Å²) >= 11 is 0. The van der Waals surface area contributed by atoms with Crippen molar-refractivity contribution in [1.82, 2.24) is 14.4 Å². The molecule has 0 saturated carbocycles. The second-order valence-corrected chi connectivity index (χ2v) is 4.90. The minimum Gasteiger partial charge on any atom is -0.282 e. The van der Waals surface area contributed by atoms with Gasteiger partial charge in [0.2, 0.25) is 20.9 Å². The van der Waals surface area contributed by atoms with Gasteiger partial charge in [0.25, 0.3) is 0 Å². The van der Waals surface area contributed by atoms with Crippen LogP contribution in [0.1, 0.15) is 0 Å². The molecule has 0 spiro atoms. The van der Waals surface area contributed by atoms with Gasteiger partial charge in [-0.1, -0.05) is 0 Å². The van der Waals surface area contributed by atoms with Crippen molar-refractivity contribution in [3.05, 3.63) is 28.6 Å². The molecule has 0 atom stereocenters. The lowest BCUT2D eigenvalue weighted by Gasteiger charge is -1.98. The molecule has 2 rings (SSSR count). The van der Waals surface area contributed by atoms with Gasteiger partial charge in [-0.2, -0.15) is 4.39 Å². The summed E-state index contributed by atoms with van der Waals surface area (Å²) in [6, 6.07) is 2.25. The van der Waals surface area contributed by atoms with Crippen LogP contribution < -0.4 is 5.69 Å². The predicted octanol–water partition coefficient (Wildman–Crippen LogP) is -0.435. The molecular weight excluding hydrogens is 225 g/mol. The van der Waals surface area contributed by atoms with Crippen LogP contribution in [-0.2, 0) is 9.84 Å². The lowest BCUT2D eigenvalue weighted by atomic mass is 10.6. The van der Waals surface area contributed by atoms with Crippen molar-refractivity contribution in [3.63, 3.8) is 0 Å². The fourth-order valence-electron chi connectivity index (χ4n) is 1.15. The maximum Gasteiger partial charge on any atom is 0.335 e. The Labute approximate surface area is 83.3 Å². The molecule has 0 aliphatic rings. The van der Waals surface area contributed by atoms with Crippen molar-refractivity contribution >= 4 is 15.5 Å². The molecule has 0 unspecified atom stereocenters. The van der Waals surface area contributed by atoms with Crippen LogP contribution in [0.2, 0.25) is 0 Å². The Morgan fingerprint density at radius 3 is 2.73 bits per heavy atom. The number of aromatic nitrogens is 3. The maximum absolute atomic E-state index is 13.0. The molecule has 6 nitrogen and oxygen atoms in total. The zero-order valence-corrected chi connectivity index (χ0v) is 8.38. The number of aromatic amines is 1. The molecule has 0 bridgehead atoms. The number of fused-ring (bicyclic) bond motifs is 1. The van der Waals surface area contributed by atoms with Crippen molar-refractivity contribution in [3.8, 4) is 0 Å². The Morgan fingerprint density at radius 1 is 1.47 bits per heavy atom. The van der Waals surface area contributed by atoms with Gasteiger partial charge in [-0.3, -0.25) is 4.98 Å². The highest BCUT2D eigenvalue weighted by molar-refractivity contribution is 7.90. The summed E-state index contributed by atoms with van der Waals surface area (Å²) in [6.07, 6.45) is 0.904. The Kier molecular flexibility index (Phi) is 1.90. The lowest BCUT2D eigenvalue weighted by Crippen LogP contribution is -2.22. The van der Waals surface area contributed by atoms with E-state index in [-0.39, 0.29) is 5.65 Å². The molecule has 15 heavy (non-hydrogen) atoms. The molecule has 0 saturated heterocycles. The Bertz CT molecular complexity index is 685. The molecule has 0 aliphatic carbocycles. The van der Waals surface area contributed by atoms with Crippen molar-refractivity contribution in [1.29, 1.82) is 0 Å². The Morgan fingerprint density at radius 2 is 2.13 bits per heavy atom. The van der Waals surface area contributed by atoms with Gasteiger partial charge >= 0.3 is 5.69 Å². The summed E-state index contributed by atoms with van der Waals surface area (Å²) in [7, 11) is -3.61. The number of sulfone groups is 1. The van der Waals surface area contributed by atoms with E-state index < -0.39 is 26.6 Å². The summed E-state index contributed by atoms with van der Waals surface area (Å²) in [5.74, 6) is -0.793. The number of hydrogen-bond acceptors (Lipinski definition) is 4.